The average Bonchev–Trinajstić information content (AvgIpc) is 2.75. The molecule has 6 heteroatoms. The average molecular weight is 405 g/mol. The van der Waals surface area contributed by atoms with Crippen molar-refractivity contribution in [3.63, 3.8) is 0 Å². The van der Waals surface area contributed by atoms with Crippen LogP contribution in [-0.2, 0) is 4.74 Å². The van der Waals surface area contributed by atoms with Gasteiger partial charge in [-0.05, 0) is 57.8 Å². The van der Waals surface area contributed by atoms with E-state index in [1.165, 1.54) is 11.3 Å². The molecule has 0 saturated carbocycles. The molecule has 2 rings (SSSR count). The number of thiazole rings is 1. The van der Waals surface area contributed by atoms with Crippen LogP contribution in [0.4, 0.5) is 0 Å². The van der Waals surface area contributed by atoms with Crippen molar-refractivity contribution in [2.24, 2.45) is 0 Å². The Morgan fingerprint density at radius 2 is 2.11 bits per heavy atom. The lowest BCUT2D eigenvalue weighted by Gasteiger charge is -2.00. The van der Waals surface area contributed by atoms with Gasteiger partial charge in [-0.15, -0.1) is 11.3 Å². The fourth-order valence-corrected chi connectivity index (χ4v) is 3.06. The van der Waals surface area contributed by atoms with E-state index in [9.17, 15) is 4.79 Å². The molecule has 0 amide bonds. The fraction of sp³-hybridized carbons (Fsp3) is 0.231. The number of aryl methyl sites for hydroxylation is 1. The largest absolute Gasteiger partial charge is 0.461 e. The van der Waals surface area contributed by atoms with E-state index in [-0.39, 0.29) is 5.97 Å². The summed E-state index contributed by atoms with van der Waals surface area (Å²) in [5.41, 5.74) is 1.37. The number of hydrogen-bond donors (Lipinski definition) is 0. The first-order valence-electron chi connectivity index (χ1n) is 5.63. The van der Waals surface area contributed by atoms with Crippen LogP contribution >= 0.6 is 43.2 Å². The van der Waals surface area contributed by atoms with E-state index >= 15 is 0 Å². The normalized spacial score (nSPS) is 10.5. The standard InChI is InChI=1S/C13H11Br2NO2S/c1-3-18-13(17)11-7(2)19-12(16-11)8-4-5-9(14)10(15)6-8/h4-6H,3H2,1-2H3. The van der Waals surface area contributed by atoms with Crippen LogP contribution < -0.4 is 0 Å². The zero-order valence-corrected chi connectivity index (χ0v) is 14.4. The van der Waals surface area contributed by atoms with Crippen LogP contribution in [0.2, 0.25) is 0 Å². The zero-order valence-electron chi connectivity index (χ0n) is 10.4. The van der Waals surface area contributed by atoms with Crippen LogP contribution in [0.1, 0.15) is 22.3 Å². The third-order valence-corrected chi connectivity index (χ3v) is 5.33. The second-order valence-corrected chi connectivity index (χ2v) is 6.69. The molecule has 0 bridgehead atoms. The Balaban J connectivity index is 2.38. The molecule has 0 fully saturated rings. The quantitative estimate of drug-likeness (QED) is 0.688. The van der Waals surface area contributed by atoms with Crippen molar-refractivity contribution in [3.8, 4) is 10.6 Å². The Morgan fingerprint density at radius 1 is 1.37 bits per heavy atom. The monoisotopic (exact) mass is 403 g/mol. The Bertz CT molecular complexity index is 625. The van der Waals surface area contributed by atoms with Gasteiger partial charge in [-0.1, -0.05) is 6.07 Å². The first-order chi connectivity index (χ1) is 9.02. The van der Waals surface area contributed by atoms with Gasteiger partial charge in [0.15, 0.2) is 5.69 Å². The summed E-state index contributed by atoms with van der Waals surface area (Å²) in [5, 5.41) is 0.814. The predicted octanol–water partition coefficient (Wildman–Crippen LogP) is 4.82. The lowest BCUT2D eigenvalue weighted by Crippen LogP contribution is -2.06. The number of aromatic nitrogens is 1. The van der Waals surface area contributed by atoms with E-state index in [0.717, 1.165) is 24.4 Å². The Hall–Kier alpha value is -0.720. The number of carbonyl (C=O) groups excluding carboxylic acids is 1. The van der Waals surface area contributed by atoms with Crippen LogP contribution in [0, 0.1) is 6.92 Å². The molecule has 0 spiro atoms. The van der Waals surface area contributed by atoms with E-state index in [1.807, 2.05) is 25.1 Å². The molecular formula is C13H11Br2NO2S. The van der Waals surface area contributed by atoms with E-state index in [1.54, 1.807) is 6.92 Å². The zero-order chi connectivity index (χ0) is 14.0. The number of rotatable bonds is 3. The molecule has 3 nitrogen and oxygen atoms in total. The molecule has 0 radical (unpaired) electrons. The molecule has 0 saturated heterocycles. The van der Waals surface area contributed by atoms with Crippen LogP contribution in [-0.4, -0.2) is 17.6 Å². The maximum Gasteiger partial charge on any atom is 0.358 e. The van der Waals surface area contributed by atoms with Gasteiger partial charge in [-0.3, -0.25) is 0 Å². The van der Waals surface area contributed by atoms with Crippen LogP contribution in [0.3, 0.4) is 0 Å². The van der Waals surface area contributed by atoms with Gasteiger partial charge in [0.25, 0.3) is 0 Å². The van der Waals surface area contributed by atoms with E-state index < -0.39 is 0 Å². The maximum absolute atomic E-state index is 11.7. The van der Waals surface area contributed by atoms with Gasteiger partial charge in [0, 0.05) is 19.4 Å². The summed E-state index contributed by atoms with van der Waals surface area (Å²) in [7, 11) is 0. The second-order valence-electron chi connectivity index (χ2n) is 3.77. The van der Waals surface area contributed by atoms with Gasteiger partial charge in [-0.2, -0.15) is 0 Å². The summed E-state index contributed by atoms with van der Waals surface area (Å²) in [6.07, 6.45) is 0. The van der Waals surface area contributed by atoms with Crippen molar-refractivity contribution in [3.05, 3.63) is 37.7 Å². The SMILES string of the molecule is CCOC(=O)c1nc(-c2ccc(Br)c(Br)c2)sc1C. The molecule has 2 aromatic rings. The first-order valence-corrected chi connectivity index (χ1v) is 8.03. The summed E-state index contributed by atoms with van der Waals surface area (Å²) in [4.78, 5) is 17.0. The Morgan fingerprint density at radius 3 is 2.74 bits per heavy atom. The lowest BCUT2D eigenvalue weighted by molar-refractivity contribution is 0.0519. The number of nitrogens with zero attached hydrogens (tertiary/aromatic N) is 1. The summed E-state index contributed by atoms with van der Waals surface area (Å²) in [6.45, 7) is 4.02. The topological polar surface area (TPSA) is 39.2 Å². The van der Waals surface area contributed by atoms with Gasteiger partial charge < -0.3 is 4.74 Å². The van der Waals surface area contributed by atoms with Crippen molar-refractivity contribution in [2.45, 2.75) is 13.8 Å². The van der Waals surface area contributed by atoms with Crippen LogP contribution in [0.5, 0.6) is 0 Å². The number of esters is 1. The maximum atomic E-state index is 11.7. The van der Waals surface area contributed by atoms with Crippen molar-refractivity contribution < 1.29 is 9.53 Å². The molecule has 1 heterocycles. The van der Waals surface area contributed by atoms with Gasteiger partial charge >= 0.3 is 5.97 Å². The van der Waals surface area contributed by atoms with Crippen LogP contribution in [0.25, 0.3) is 10.6 Å². The smallest absolute Gasteiger partial charge is 0.358 e. The molecule has 0 atom stereocenters. The van der Waals surface area contributed by atoms with Crippen LogP contribution in [0.15, 0.2) is 27.1 Å². The van der Waals surface area contributed by atoms with Crippen molar-refractivity contribution in [2.75, 3.05) is 6.61 Å². The summed E-state index contributed by atoms with van der Waals surface area (Å²) < 4.78 is 6.93. The Labute approximate surface area is 132 Å². The summed E-state index contributed by atoms with van der Waals surface area (Å²) in [5.74, 6) is -0.362. The van der Waals surface area contributed by atoms with Gasteiger partial charge in [0.2, 0.25) is 0 Å². The third-order valence-electron chi connectivity index (χ3n) is 2.43. The molecule has 1 aromatic heterocycles. The number of halogens is 2. The highest BCUT2D eigenvalue weighted by atomic mass is 79.9. The molecule has 0 aliphatic carbocycles. The van der Waals surface area contributed by atoms with Crippen molar-refractivity contribution in [1.82, 2.24) is 4.98 Å². The molecular weight excluding hydrogens is 394 g/mol. The van der Waals surface area contributed by atoms with Gasteiger partial charge in [0.05, 0.1) is 6.61 Å². The number of ether oxygens (including phenoxy) is 1. The number of carbonyl (C=O) groups is 1. The highest BCUT2D eigenvalue weighted by molar-refractivity contribution is 9.13. The molecule has 0 aliphatic rings. The Kier molecular flexibility index (Phi) is 4.76. The van der Waals surface area contributed by atoms with Gasteiger partial charge in [0.1, 0.15) is 5.01 Å². The lowest BCUT2D eigenvalue weighted by atomic mass is 10.2. The van der Waals surface area contributed by atoms with Crippen molar-refractivity contribution in [1.29, 1.82) is 0 Å². The minimum absolute atomic E-state index is 0.356. The summed E-state index contributed by atoms with van der Waals surface area (Å²) in [6, 6.07) is 5.87. The summed E-state index contributed by atoms with van der Waals surface area (Å²) >= 11 is 8.38. The molecule has 0 N–H and O–H groups in total. The molecule has 0 unspecified atom stereocenters. The third kappa shape index (κ3) is 3.24. The second kappa shape index (κ2) is 6.15. The van der Waals surface area contributed by atoms with Gasteiger partial charge in [-0.25, -0.2) is 9.78 Å². The predicted molar refractivity (Wildman–Crippen MR) is 83.6 cm³/mol. The minimum atomic E-state index is -0.362. The molecule has 19 heavy (non-hydrogen) atoms. The molecule has 100 valence electrons. The highest BCUT2D eigenvalue weighted by Gasteiger charge is 2.17. The molecule has 1 aromatic carbocycles. The number of benzene rings is 1. The van der Waals surface area contributed by atoms with E-state index in [4.69, 9.17) is 4.74 Å². The van der Waals surface area contributed by atoms with E-state index in [2.05, 4.69) is 36.8 Å². The molecule has 0 aliphatic heterocycles. The van der Waals surface area contributed by atoms with E-state index in [0.29, 0.717) is 12.3 Å². The number of hydrogen-bond acceptors (Lipinski definition) is 4. The highest BCUT2D eigenvalue weighted by Crippen LogP contribution is 2.32. The van der Waals surface area contributed by atoms with Crippen molar-refractivity contribution >= 4 is 49.2 Å². The minimum Gasteiger partial charge on any atom is -0.461 e. The first kappa shape index (κ1) is 14.7. The fourth-order valence-electron chi connectivity index (χ4n) is 1.54.